The van der Waals surface area contributed by atoms with Gasteiger partial charge in [0.05, 0.1) is 0 Å². The number of hydrogen-bond acceptors (Lipinski definition) is 2. The van der Waals surface area contributed by atoms with Crippen molar-refractivity contribution in [1.82, 2.24) is 14.5 Å². The van der Waals surface area contributed by atoms with Crippen molar-refractivity contribution < 1.29 is 4.79 Å². The molecular weight excluding hydrogens is 310 g/mol. The fraction of sp³-hybridized carbons (Fsp3) is 0.524. The second kappa shape index (κ2) is 7.42. The molecule has 2 aromatic rings. The molecule has 0 atom stereocenters. The van der Waals surface area contributed by atoms with E-state index in [2.05, 4.69) is 35.7 Å². The van der Waals surface area contributed by atoms with E-state index in [0.29, 0.717) is 11.8 Å². The quantitative estimate of drug-likeness (QED) is 0.838. The van der Waals surface area contributed by atoms with Gasteiger partial charge in [-0.25, -0.2) is 4.98 Å². The minimum absolute atomic E-state index is 0.177. The molecule has 1 aliphatic heterocycles. The molecule has 0 unspecified atom stereocenters. The summed E-state index contributed by atoms with van der Waals surface area (Å²) in [5.74, 6) is 2.40. The summed E-state index contributed by atoms with van der Waals surface area (Å²) < 4.78 is 2.29. The van der Waals surface area contributed by atoms with Crippen LogP contribution < -0.4 is 0 Å². The van der Waals surface area contributed by atoms with E-state index in [9.17, 15) is 4.79 Å². The maximum absolute atomic E-state index is 12.8. The van der Waals surface area contributed by atoms with Crippen molar-refractivity contribution in [1.29, 1.82) is 0 Å². The number of nitrogens with zero attached hydrogens (tertiary/aromatic N) is 3. The van der Waals surface area contributed by atoms with Gasteiger partial charge in [0.15, 0.2) is 0 Å². The predicted octanol–water partition coefficient (Wildman–Crippen LogP) is 4.18. The summed E-state index contributed by atoms with van der Waals surface area (Å²) >= 11 is 0. The largest absolute Gasteiger partial charge is 0.339 e. The smallest absolute Gasteiger partial charge is 0.253 e. The van der Waals surface area contributed by atoms with Gasteiger partial charge < -0.3 is 9.47 Å². The number of carbonyl (C=O) groups excluding carboxylic acids is 1. The van der Waals surface area contributed by atoms with Crippen molar-refractivity contribution in [2.45, 2.75) is 53.0 Å². The summed E-state index contributed by atoms with van der Waals surface area (Å²) in [6.07, 6.45) is 6.11. The molecule has 3 rings (SSSR count). The first-order valence-corrected chi connectivity index (χ1v) is 9.32. The average molecular weight is 339 g/mol. The van der Waals surface area contributed by atoms with E-state index in [-0.39, 0.29) is 5.91 Å². The van der Waals surface area contributed by atoms with Crippen molar-refractivity contribution in [3.8, 4) is 0 Å². The number of rotatable bonds is 4. The fourth-order valence-corrected chi connectivity index (χ4v) is 3.85. The Bertz CT molecular complexity index is 719. The first-order valence-electron chi connectivity index (χ1n) is 9.32. The van der Waals surface area contributed by atoms with Gasteiger partial charge in [-0.1, -0.05) is 31.0 Å². The van der Waals surface area contributed by atoms with Gasteiger partial charge in [-0.3, -0.25) is 4.79 Å². The van der Waals surface area contributed by atoms with Gasteiger partial charge in [0.1, 0.15) is 5.82 Å². The molecule has 0 aliphatic carbocycles. The van der Waals surface area contributed by atoms with E-state index < -0.39 is 0 Å². The number of aryl methyl sites for hydroxylation is 2. The van der Waals surface area contributed by atoms with E-state index in [4.69, 9.17) is 0 Å². The number of carbonyl (C=O) groups is 1. The summed E-state index contributed by atoms with van der Waals surface area (Å²) in [4.78, 5) is 19.3. The van der Waals surface area contributed by atoms with E-state index in [0.717, 1.165) is 55.0 Å². The molecule has 1 aromatic carbocycles. The Hall–Kier alpha value is -2.10. The van der Waals surface area contributed by atoms with E-state index >= 15 is 0 Å². The summed E-state index contributed by atoms with van der Waals surface area (Å²) in [5.41, 5.74) is 3.13. The Morgan fingerprint density at radius 3 is 2.40 bits per heavy atom. The van der Waals surface area contributed by atoms with Gasteiger partial charge >= 0.3 is 0 Å². The number of aromatic nitrogens is 2. The number of benzene rings is 1. The molecule has 1 aliphatic rings. The molecule has 2 heterocycles. The SMILES string of the molecule is Cc1cc(C)cc(C(=O)N2CCC(Cn3ccnc3C(C)C)CC2)c1. The zero-order valence-corrected chi connectivity index (χ0v) is 15.8. The Kier molecular flexibility index (Phi) is 5.26. The van der Waals surface area contributed by atoms with Gasteiger partial charge in [-0.05, 0) is 44.7 Å². The normalized spacial score (nSPS) is 15.8. The molecular formula is C21H29N3O. The Labute approximate surface area is 150 Å². The number of likely N-dealkylation sites (tertiary alicyclic amines) is 1. The third kappa shape index (κ3) is 4.12. The second-order valence-corrected chi connectivity index (χ2v) is 7.70. The first kappa shape index (κ1) is 17.7. The Balaban J connectivity index is 1.60. The van der Waals surface area contributed by atoms with E-state index in [1.54, 1.807) is 0 Å². The molecule has 1 aromatic heterocycles. The van der Waals surface area contributed by atoms with Crippen LogP contribution in [0.5, 0.6) is 0 Å². The third-order valence-electron chi connectivity index (χ3n) is 5.09. The lowest BCUT2D eigenvalue weighted by Gasteiger charge is -2.32. The highest BCUT2D eigenvalue weighted by molar-refractivity contribution is 5.94. The van der Waals surface area contributed by atoms with E-state index in [1.165, 1.54) is 0 Å². The number of hydrogen-bond donors (Lipinski definition) is 0. The van der Waals surface area contributed by atoms with Crippen molar-refractivity contribution in [3.05, 3.63) is 53.1 Å². The highest BCUT2D eigenvalue weighted by Gasteiger charge is 2.24. The molecule has 1 fully saturated rings. The van der Waals surface area contributed by atoms with E-state index in [1.807, 2.05) is 37.1 Å². The number of piperidine rings is 1. The molecule has 0 bridgehead atoms. The molecule has 1 saturated heterocycles. The fourth-order valence-electron chi connectivity index (χ4n) is 3.85. The van der Waals surface area contributed by atoms with Crippen molar-refractivity contribution in [2.24, 2.45) is 5.92 Å². The summed E-state index contributed by atoms with van der Waals surface area (Å²) in [6.45, 7) is 11.2. The maximum atomic E-state index is 12.8. The lowest BCUT2D eigenvalue weighted by Crippen LogP contribution is -2.39. The summed E-state index contributed by atoms with van der Waals surface area (Å²) in [7, 11) is 0. The highest BCUT2D eigenvalue weighted by Crippen LogP contribution is 2.23. The predicted molar refractivity (Wildman–Crippen MR) is 101 cm³/mol. The Morgan fingerprint density at radius 1 is 1.16 bits per heavy atom. The zero-order valence-electron chi connectivity index (χ0n) is 15.8. The summed E-state index contributed by atoms with van der Waals surface area (Å²) in [5, 5.41) is 0. The summed E-state index contributed by atoms with van der Waals surface area (Å²) in [6, 6.07) is 6.12. The lowest BCUT2D eigenvalue weighted by atomic mass is 9.95. The first-order chi connectivity index (χ1) is 11.9. The molecule has 0 saturated carbocycles. The van der Waals surface area contributed by atoms with Gasteiger partial charge in [0, 0.05) is 43.5 Å². The molecule has 4 heteroatoms. The monoisotopic (exact) mass is 339 g/mol. The van der Waals surface area contributed by atoms with Gasteiger partial charge in [0.25, 0.3) is 5.91 Å². The van der Waals surface area contributed by atoms with Crippen LogP contribution in [0.3, 0.4) is 0 Å². The molecule has 0 spiro atoms. The molecule has 4 nitrogen and oxygen atoms in total. The van der Waals surface area contributed by atoms with Crippen LogP contribution in [0.25, 0.3) is 0 Å². The molecule has 25 heavy (non-hydrogen) atoms. The standard InChI is InChI=1S/C21H29N3O/c1-15(2)20-22-7-10-24(20)14-18-5-8-23(9-6-18)21(25)19-12-16(3)11-17(4)13-19/h7,10-13,15,18H,5-6,8-9,14H2,1-4H3. The van der Waals surface area contributed by atoms with Gasteiger partial charge in [-0.2, -0.15) is 0 Å². The molecule has 0 N–H and O–H groups in total. The number of amides is 1. The van der Waals surface area contributed by atoms with Crippen LogP contribution >= 0.6 is 0 Å². The van der Waals surface area contributed by atoms with Crippen LogP contribution in [0.15, 0.2) is 30.6 Å². The second-order valence-electron chi connectivity index (χ2n) is 7.70. The van der Waals surface area contributed by atoms with Gasteiger partial charge in [0.2, 0.25) is 0 Å². The van der Waals surface area contributed by atoms with Crippen LogP contribution in [-0.4, -0.2) is 33.4 Å². The van der Waals surface area contributed by atoms with Crippen molar-refractivity contribution in [3.63, 3.8) is 0 Å². The zero-order chi connectivity index (χ0) is 18.0. The Morgan fingerprint density at radius 2 is 1.80 bits per heavy atom. The number of imidazole rings is 1. The van der Waals surface area contributed by atoms with Gasteiger partial charge in [-0.15, -0.1) is 0 Å². The minimum atomic E-state index is 0.177. The topological polar surface area (TPSA) is 38.1 Å². The minimum Gasteiger partial charge on any atom is -0.339 e. The van der Waals surface area contributed by atoms with Crippen LogP contribution in [0.1, 0.15) is 59.9 Å². The van der Waals surface area contributed by atoms with Crippen LogP contribution in [0.4, 0.5) is 0 Å². The average Bonchev–Trinajstić information content (AvgIpc) is 3.02. The highest BCUT2D eigenvalue weighted by atomic mass is 16.2. The van der Waals surface area contributed by atoms with Crippen LogP contribution in [0, 0.1) is 19.8 Å². The lowest BCUT2D eigenvalue weighted by molar-refractivity contribution is 0.0682. The van der Waals surface area contributed by atoms with Crippen molar-refractivity contribution in [2.75, 3.05) is 13.1 Å². The molecule has 0 radical (unpaired) electrons. The third-order valence-corrected chi connectivity index (χ3v) is 5.09. The maximum Gasteiger partial charge on any atom is 0.253 e. The van der Waals surface area contributed by atoms with Crippen molar-refractivity contribution >= 4 is 5.91 Å². The molecule has 1 amide bonds. The van der Waals surface area contributed by atoms with Crippen LogP contribution in [-0.2, 0) is 6.54 Å². The molecule has 134 valence electrons. The van der Waals surface area contributed by atoms with Crippen LogP contribution in [0.2, 0.25) is 0 Å².